The average molecular weight is 291 g/mol. The molecule has 0 fully saturated rings. The number of nitro benzene ring substituents is 1. The summed E-state index contributed by atoms with van der Waals surface area (Å²) in [6.07, 6.45) is 3.12. The molecule has 0 aliphatic heterocycles. The predicted molar refractivity (Wildman–Crippen MR) is 74.7 cm³/mol. The van der Waals surface area contributed by atoms with E-state index in [1.807, 2.05) is 6.92 Å². The minimum atomic E-state index is -0.687. The van der Waals surface area contributed by atoms with Crippen molar-refractivity contribution in [2.45, 2.75) is 13.5 Å². The molecule has 21 heavy (non-hydrogen) atoms. The highest BCUT2D eigenvalue weighted by molar-refractivity contribution is 5.48. The number of halogens is 1. The smallest absolute Gasteiger partial charge is 0.314 e. The van der Waals surface area contributed by atoms with Gasteiger partial charge in [-0.3, -0.25) is 15.1 Å². The Labute approximate surface area is 120 Å². The molecule has 7 heteroatoms. The summed E-state index contributed by atoms with van der Waals surface area (Å²) >= 11 is 0. The first-order chi connectivity index (χ1) is 10.1. The molecule has 0 unspecified atom stereocenters. The summed E-state index contributed by atoms with van der Waals surface area (Å²) in [6, 6.07) is 4.89. The Bertz CT molecular complexity index is 649. The Morgan fingerprint density at radius 2 is 2.19 bits per heavy atom. The summed E-state index contributed by atoms with van der Waals surface area (Å²) in [5.74, 6) is -0.350. The summed E-state index contributed by atoms with van der Waals surface area (Å²) < 4.78 is 18.5. The number of nitro groups is 1. The van der Waals surface area contributed by atoms with Crippen LogP contribution in [-0.2, 0) is 6.54 Å². The lowest BCUT2D eigenvalue weighted by Crippen LogP contribution is -2.11. The SMILES string of the molecule is CCNCc1cncc(Oc2ccc(F)cc2[N+](=O)[O-])c1. The first-order valence-electron chi connectivity index (χ1n) is 6.36. The molecule has 1 heterocycles. The molecule has 0 amide bonds. The van der Waals surface area contributed by atoms with Crippen LogP contribution in [0, 0.1) is 15.9 Å². The third kappa shape index (κ3) is 3.96. The van der Waals surface area contributed by atoms with E-state index in [2.05, 4.69) is 10.3 Å². The molecule has 0 aliphatic rings. The van der Waals surface area contributed by atoms with Gasteiger partial charge in [0.2, 0.25) is 5.75 Å². The van der Waals surface area contributed by atoms with Crippen LogP contribution in [0.25, 0.3) is 0 Å². The minimum Gasteiger partial charge on any atom is -0.448 e. The third-order valence-corrected chi connectivity index (χ3v) is 2.69. The van der Waals surface area contributed by atoms with Gasteiger partial charge in [-0.25, -0.2) is 4.39 Å². The van der Waals surface area contributed by atoms with Crippen molar-refractivity contribution in [1.29, 1.82) is 0 Å². The highest BCUT2D eigenvalue weighted by atomic mass is 19.1. The van der Waals surface area contributed by atoms with Crippen molar-refractivity contribution in [3.8, 4) is 11.5 Å². The summed E-state index contributed by atoms with van der Waals surface area (Å²) in [5, 5.41) is 14.0. The monoisotopic (exact) mass is 291 g/mol. The molecule has 1 N–H and O–H groups in total. The van der Waals surface area contributed by atoms with E-state index in [0.29, 0.717) is 12.3 Å². The summed E-state index contributed by atoms with van der Waals surface area (Å²) in [4.78, 5) is 14.2. The maximum atomic E-state index is 13.1. The highest BCUT2D eigenvalue weighted by Gasteiger charge is 2.17. The average Bonchev–Trinajstić information content (AvgIpc) is 2.47. The molecule has 0 atom stereocenters. The van der Waals surface area contributed by atoms with E-state index < -0.39 is 16.4 Å². The van der Waals surface area contributed by atoms with E-state index in [1.165, 1.54) is 12.3 Å². The van der Waals surface area contributed by atoms with Crippen LogP contribution in [0.4, 0.5) is 10.1 Å². The largest absolute Gasteiger partial charge is 0.448 e. The summed E-state index contributed by atoms with van der Waals surface area (Å²) in [6.45, 7) is 3.41. The Morgan fingerprint density at radius 3 is 2.90 bits per heavy atom. The van der Waals surface area contributed by atoms with Gasteiger partial charge in [-0.2, -0.15) is 0 Å². The van der Waals surface area contributed by atoms with E-state index in [9.17, 15) is 14.5 Å². The molecule has 0 radical (unpaired) electrons. The quantitative estimate of drug-likeness (QED) is 0.654. The number of hydrogen-bond donors (Lipinski definition) is 1. The van der Waals surface area contributed by atoms with Crippen molar-refractivity contribution in [1.82, 2.24) is 10.3 Å². The number of rotatable bonds is 6. The van der Waals surface area contributed by atoms with Crippen LogP contribution < -0.4 is 10.1 Å². The second-order valence-corrected chi connectivity index (χ2v) is 4.28. The predicted octanol–water partition coefficient (Wildman–Crippen LogP) is 3.03. The fraction of sp³-hybridized carbons (Fsp3) is 0.214. The minimum absolute atomic E-state index is 0.0243. The second kappa shape index (κ2) is 6.76. The van der Waals surface area contributed by atoms with Crippen LogP contribution in [0.5, 0.6) is 11.5 Å². The summed E-state index contributed by atoms with van der Waals surface area (Å²) in [7, 11) is 0. The lowest BCUT2D eigenvalue weighted by Gasteiger charge is -2.08. The van der Waals surface area contributed by atoms with Crippen LogP contribution in [0.3, 0.4) is 0 Å². The number of ether oxygens (including phenoxy) is 1. The molecular formula is C14H14FN3O3. The normalized spacial score (nSPS) is 10.4. The molecule has 2 aromatic rings. The molecular weight excluding hydrogens is 277 g/mol. The van der Waals surface area contributed by atoms with Crippen molar-refractivity contribution in [3.05, 3.63) is 58.2 Å². The number of pyridine rings is 1. The standard InChI is InChI=1S/C14H14FN3O3/c1-2-16-7-10-5-12(9-17-8-10)21-14-4-3-11(15)6-13(14)18(19)20/h3-6,8-9,16H,2,7H2,1H3. The van der Waals surface area contributed by atoms with Crippen molar-refractivity contribution in [3.63, 3.8) is 0 Å². The molecule has 0 spiro atoms. The van der Waals surface area contributed by atoms with E-state index in [1.54, 1.807) is 12.3 Å². The van der Waals surface area contributed by atoms with Crippen molar-refractivity contribution in [2.24, 2.45) is 0 Å². The van der Waals surface area contributed by atoms with Crippen LogP contribution in [0.15, 0.2) is 36.7 Å². The second-order valence-electron chi connectivity index (χ2n) is 4.28. The van der Waals surface area contributed by atoms with Crippen molar-refractivity contribution < 1.29 is 14.1 Å². The third-order valence-electron chi connectivity index (χ3n) is 2.69. The zero-order chi connectivity index (χ0) is 15.2. The van der Waals surface area contributed by atoms with Gasteiger partial charge in [-0.05, 0) is 30.3 Å². The fourth-order valence-electron chi connectivity index (χ4n) is 1.73. The number of aromatic nitrogens is 1. The van der Waals surface area contributed by atoms with Crippen molar-refractivity contribution >= 4 is 5.69 Å². The highest BCUT2D eigenvalue weighted by Crippen LogP contribution is 2.31. The molecule has 0 saturated heterocycles. The van der Waals surface area contributed by atoms with E-state index in [4.69, 9.17) is 4.74 Å². The lowest BCUT2D eigenvalue weighted by molar-refractivity contribution is -0.385. The number of benzene rings is 1. The zero-order valence-electron chi connectivity index (χ0n) is 11.4. The van der Waals surface area contributed by atoms with Crippen molar-refractivity contribution in [2.75, 3.05) is 6.54 Å². The maximum Gasteiger partial charge on any atom is 0.314 e. The van der Waals surface area contributed by atoms with Gasteiger partial charge >= 0.3 is 5.69 Å². The summed E-state index contributed by atoms with van der Waals surface area (Å²) in [5.41, 5.74) is 0.464. The molecule has 0 aliphatic carbocycles. The molecule has 0 bridgehead atoms. The van der Waals surface area contributed by atoms with Gasteiger partial charge in [0, 0.05) is 12.7 Å². The Balaban J connectivity index is 2.24. The van der Waals surface area contributed by atoms with E-state index in [0.717, 1.165) is 24.2 Å². The molecule has 6 nitrogen and oxygen atoms in total. The van der Waals surface area contributed by atoms with Crippen LogP contribution in [0.1, 0.15) is 12.5 Å². The van der Waals surface area contributed by atoms with Gasteiger partial charge in [0.1, 0.15) is 11.6 Å². The number of nitrogens with one attached hydrogen (secondary N) is 1. The molecule has 1 aromatic carbocycles. The Kier molecular flexibility index (Phi) is 4.78. The zero-order valence-corrected chi connectivity index (χ0v) is 11.4. The molecule has 2 rings (SSSR count). The van der Waals surface area contributed by atoms with Gasteiger partial charge in [-0.15, -0.1) is 0 Å². The van der Waals surface area contributed by atoms with Crippen LogP contribution in [-0.4, -0.2) is 16.5 Å². The van der Waals surface area contributed by atoms with Crippen LogP contribution >= 0.6 is 0 Å². The first kappa shape index (κ1) is 14.9. The number of hydrogen-bond acceptors (Lipinski definition) is 5. The van der Waals surface area contributed by atoms with Gasteiger partial charge in [-0.1, -0.05) is 6.92 Å². The lowest BCUT2D eigenvalue weighted by atomic mass is 10.2. The van der Waals surface area contributed by atoms with Gasteiger partial charge < -0.3 is 10.1 Å². The Hall–Kier alpha value is -2.54. The number of nitrogens with zero attached hydrogens (tertiary/aromatic N) is 2. The fourth-order valence-corrected chi connectivity index (χ4v) is 1.73. The molecule has 0 saturated carbocycles. The molecule has 110 valence electrons. The van der Waals surface area contributed by atoms with Crippen LogP contribution in [0.2, 0.25) is 0 Å². The maximum absolute atomic E-state index is 13.1. The Morgan fingerprint density at radius 1 is 1.38 bits per heavy atom. The van der Waals surface area contributed by atoms with E-state index in [-0.39, 0.29) is 5.75 Å². The van der Waals surface area contributed by atoms with E-state index >= 15 is 0 Å². The molecule has 1 aromatic heterocycles. The van der Waals surface area contributed by atoms with Gasteiger partial charge in [0.05, 0.1) is 17.2 Å². The van der Waals surface area contributed by atoms with Gasteiger partial charge in [0.15, 0.2) is 0 Å². The first-order valence-corrected chi connectivity index (χ1v) is 6.36. The van der Waals surface area contributed by atoms with Gasteiger partial charge in [0.25, 0.3) is 0 Å². The topological polar surface area (TPSA) is 77.3 Å².